The summed E-state index contributed by atoms with van der Waals surface area (Å²) in [5, 5.41) is 0. The van der Waals surface area contributed by atoms with Gasteiger partial charge >= 0.3 is 0 Å². The Morgan fingerprint density at radius 1 is 1.15 bits per heavy atom. The Balaban J connectivity index is 1.98. The third kappa shape index (κ3) is 3.75. The summed E-state index contributed by atoms with van der Waals surface area (Å²) in [6.07, 6.45) is 13.1. The third-order valence-electron chi connectivity index (χ3n) is 5.13. The Labute approximate surface area is 126 Å². The summed E-state index contributed by atoms with van der Waals surface area (Å²) < 4.78 is 0. The monoisotopic (exact) mass is 275 g/mol. The molecule has 1 aliphatic carbocycles. The number of fused-ring (bicyclic) bond motifs is 1. The average Bonchev–Trinajstić information content (AvgIpc) is 2.85. The number of rotatable bonds is 7. The molecule has 20 heavy (non-hydrogen) atoms. The lowest BCUT2D eigenvalue weighted by Gasteiger charge is -2.30. The van der Waals surface area contributed by atoms with Crippen molar-refractivity contribution in [2.24, 2.45) is 11.8 Å². The van der Waals surface area contributed by atoms with Crippen molar-refractivity contribution >= 4 is 0 Å². The predicted octanol–water partition coefficient (Wildman–Crippen LogP) is 5.19. The fourth-order valence-electron chi connectivity index (χ4n) is 3.76. The van der Waals surface area contributed by atoms with Gasteiger partial charge in [-0.2, -0.15) is 0 Å². The van der Waals surface area contributed by atoms with Gasteiger partial charge in [0.15, 0.2) is 0 Å². The largest absolute Gasteiger partial charge is 0.292 e. The van der Waals surface area contributed by atoms with Gasteiger partial charge in [0.25, 0.3) is 0 Å². The minimum Gasteiger partial charge on any atom is -0.292 e. The molecular formula is C19H33N. The lowest BCUT2D eigenvalue weighted by Crippen LogP contribution is -2.37. The molecule has 1 nitrogen and oxygen atoms in total. The van der Waals surface area contributed by atoms with Gasteiger partial charge in [0.1, 0.15) is 0 Å². The van der Waals surface area contributed by atoms with Crippen LogP contribution in [0.2, 0.25) is 0 Å². The van der Waals surface area contributed by atoms with Crippen LogP contribution in [0.1, 0.15) is 66.2 Å². The van der Waals surface area contributed by atoms with Crippen LogP contribution in [0.15, 0.2) is 23.3 Å². The van der Waals surface area contributed by atoms with E-state index in [1.165, 1.54) is 51.6 Å². The average molecular weight is 275 g/mol. The zero-order valence-corrected chi connectivity index (χ0v) is 14.0. The molecule has 1 heteroatoms. The molecule has 0 amide bonds. The van der Waals surface area contributed by atoms with Gasteiger partial charge in [-0.25, -0.2) is 0 Å². The normalized spacial score (nSPS) is 24.6. The number of unbranched alkanes of at least 4 members (excludes halogenated alkanes) is 2. The predicted molar refractivity (Wildman–Crippen MR) is 88.9 cm³/mol. The SMILES string of the molecule is CCCCCC(C(C)C)N1CC2=CCC(CC)C=C2C1. The van der Waals surface area contributed by atoms with Crippen LogP contribution in [0.3, 0.4) is 0 Å². The first kappa shape index (κ1) is 15.8. The summed E-state index contributed by atoms with van der Waals surface area (Å²) in [6.45, 7) is 11.8. The van der Waals surface area contributed by atoms with Gasteiger partial charge in [-0.05, 0) is 42.2 Å². The van der Waals surface area contributed by atoms with Crippen LogP contribution >= 0.6 is 0 Å². The Morgan fingerprint density at radius 3 is 2.55 bits per heavy atom. The molecule has 2 rings (SSSR count). The second-order valence-electron chi connectivity index (χ2n) is 7.04. The first-order chi connectivity index (χ1) is 9.65. The smallest absolute Gasteiger partial charge is 0.0240 e. The molecule has 0 N–H and O–H groups in total. The van der Waals surface area contributed by atoms with Gasteiger partial charge in [0, 0.05) is 19.1 Å². The summed E-state index contributed by atoms with van der Waals surface area (Å²) in [5.74, 6) is 1.57. The Kier molecular flexibility index (Phi) is 5.89. The molecule has 2 atom stereocenters. The third-order valence-corrected chi connectivity index (χ3v) is 5.13. The van der Waals surface area contributed by atoms with E-state index in [9.17, 15) is 0 Å². The molecule has 0 aromatic rings. The van der Waals surface area contributed by atoms with Crippen molar-refractivity contribution in [1.82, 2.24) is 4.90 Å². The molecule has 1 heterocycles. The molecule has 1 fully saturated rings. The van der Waals surface area contributed by atoms with Crippen LogP contribution in [-0.2, 0) is 0 Å². The van der Waals surface area contributed by atoms with Gasteiger partial charge in [0.05, 0.1) is 0 Å². The van der Waals surface area contributed by atoms with E-state index in [0.29, 0.717) is 0 Å². The van der Waals surface area contributed by atoms with E-state index in [4.69, 9.17) is 0 Å². The highest BCUT2D eigenvalue weighted by molar-refractivity contribution is 5.41. The lowest BCUT2D eigenvalue weighted by atomic mass is 9.91. The van der Waals surface area contributed by atoms with E-state index in [2.05, 4.69) is 44.7 Å². The van der Waals surface area contributed by atoms with Crippen molar-refractivity contribution in [3.8, 4) is 0 Å². The molecule has 1 saturated heterocycles. The quantitative estimate of drug-likeness (QED) is 0.578. The van der Waals surface area contributed by atoms with E-state index in [-0.39, 0.29) is 0 Å². The van der Waals surface area contributed by atoms with Crippen LogP contribution in [0.5, 0.6) is 0 Å². The summed E-state index contributed by atoms with van der Waals surface area (Å²) >= 11 is 0. The van der Waals surface area contributed by atoms with E-state index < -0.39 is 0 Å². The molecule has 0 aromatic carbocycles. The molecule has 1 aliphatic heterocycles. The molecule has 0 radical (unpaired) electrons. The molecule has 114 valence electrons. The maximum absolute atomic E-state index is 2.75. The fraction of sp³-hybridized carbons (Fsp3) is 0.789. The second kappa shape index (κ2) is 7.45. The van der Waals surface area contributed by atoms with E-state index in [1.807, 2.05) is 0 Å². The van der Waals surface area contributed by atoms with Gasteiger partial charge in [-0.3, -0.25) is 4.90 Å². The summed E-state index contributed by atoms with van der Waals surface area (Å²) in [5.41, 5.74) is 3.28. The van der Waals surface area contributed by atoms with Crippen molar-refractivity contribution in [2.45, 2.75) is 72.3 Å². The molecule has 2 unspecified atom stereocenters. The molecule has 2 aliphatic rings. The van der Waals surface area contributed by atoms with Crippen molar-refractivity contribution in [1.29, 1.82) is 0 Å². The highest BCUT2D eigenvalue weighted by atomic mass is 15.2. The van der Waals surface area contributed by atoms with Crippen molar-refractivity contribution in [3.63, 3.8) is 0 Å². The van der Waals surface area contributed by atoms with Gasteiger partial charge in [-0.1, -0.05) is 59.1 Å². The first-order valence-electron chi connectivity index (χ1n) is 8.79. The number of hydrogen-bond acceptors (Lipinski definition) is 1. The second-order valence-corrected chi connectivity index (χ2v) is 7.04. The van der Waals surface area contributed by atoms with E-state index >= 15 is 0 Å². The van der Waals surface area contributed by atoms with Crippen LogP contribution in [0.25, 0.3) is 0 Å². The molecular weight excluding hydrogens is 242 g/mol. The van der Waals surface area contributed by atoms with E-state index in [1.54, 1.807) is 11.1 Å². The summed E-state index contributed by atoms with van der Waals surface area (Å²) in [6, 6.07) is 0.772. The summed E-state index contributed by atoms with van der Waals surface area (Å²) in [7, 11) is 0. The minimum atomic E-state index is 0.772. The van der Waals surface area contributed by atoms with Crippen LogP contribution in [0, 0.1) is 11.8 Å². The van der Waals surface area contributed by atoms with Crippen LogP contribution in [0.4, 0.5) is 0 Å². The topological polar surface area (TPSA) is 3.24 Å². The standard InChI is InChI=1S/C19H33N/c1-5-7-8-9-19(15(3)4)20-13-17-11-10-16(6-2)12-18(17)14-20/h11-12,15-16,19H,5-10,13-14H2,1-4H3. The van der Waals surface area contributed by atoms with Crippen LogP contribution in [-0.4, -0.2) is 24.0 Å². The molecule has 0 saturated carbocycles. The zero-order valence-electron chi connectivity index (χ0n) is 14.0. The number of hydrogen-bond donors (Lipinski definition) is 0. The molecule has 0 bridgehead atoms. The maximum Gasteiger partial charge on any atom is 0.0240 e. The molecule has 0 spiro atoms. The highest BCUT2D eigenvalue weighted by Crippen LogP contribution is 2.33. The number of nitrogens with zero attached hydrogens (tertiary/aromatic N) is 1. The number of likely N-dealkylation sites (tertiary alicyclic amines) is 1. The Bertz CT molecular complexity index is 364. The maximum atomic E-state index is 2.75. The van der Waals surface area contributed by atoms with Gasteiger partial charge in [-0.15, -0.1) is 0 Å². The Morgan fingerprint density at radius 2 is 1.90 bits per heavy atom. The van der Waals surface area contributed by atoms with Crippen LogP contribution < -0.4 is 0 Å². The zero-order chi connectivity index (χ0) is 14.5. The van der Waals surface area contributed by atoms with Gasteiger partial charge in [0.2, 0.25) is 0 Å². The number of allylic oxidation sites excluding steroid dienone is 2. The Hall–Kier alpha value is -0.560. The van der Waals surface area contributed by atoms with Gasteiger partial charge < -0.3 is 0 Å². The lowest BCUT2D eigenvalue weighted by molar-refractivity contribution is 0.185. The molecule has 0 aromatic heterocycles. The first-order valence-corrected chi connectivity index (χ1v) is 8.79. The van der Waals surface area contributed by atoms with Crippen molar-refractivity contribution in [2.75, 3.05) is 13.1 Å². The van der Waals surface area contributed by atoms with Crippen molar-refractivity contribution in [3.05, 3.63) is 23.3 Å². The highest BCUT2D eigenvalue weighted by Gasteiger charge is 2.30. The van der Waals surface area contributed by atoms with E-state index in [0.717, 1.165) is 17.9 Å². The van der Waals surface area contributed by atoms with Crippen molar-refractivity contribution < 1.29 is 0 Å². The minimum absolute atomic E-state index is 0.772. The fourth-order valence-corrected chi connectivity index (χ4v) is 3.76. The summed E-state index contributed by atoms with van der Waals surface area (Å²) in [4.78, 5) is 2.75.